The summed E-state index contributed by atoms with van der Waals surface area (Å²) < 4.78 is 54.5. The number of aromatic nitrogens is 3. The van der Waals surface area contributed by atoms with E-state index in [0.29, 0.717) is 23.2 Å². The fraction of sp³-hybridized carbons (Fsp3) is 0.286. The number of alkyl halides is 3. The Morgan fingerprint density at radius 1 is 1.26 bits per heavy atom. The molecule has 0 spiro atoms. The highest BCUT2D eigenvalue weighted by Gasteiger charge is 2.30. The number of nitrogens with two attached hydrogens (primary N) is 1. The Labute approximate surface area is 129 Å². The quantitative estimate of drug-likeness (QED) is 0.799. The summed E-state index contributed by atoms with van der Waals surface area (Å²) in [4.78, 5) is 3.79. The monoisotopic (exact) mass is 330 g/mol. The van der Waals surface area contributed by atoms with Crippen LogP contribution in [0, 0.1) is 0 Å². The third-order valence-corrected chi connectivity index (χ3v) is 2.86. The number of nitrogens with one attached hydrogen (secondary N) is 1. The van der Waals surface area contributed by atoms with Crippen LogP contribution in [0.5, 0.6) is 5.75 Å². The number of benzene rings is 1. The number of hydrogen-bond acceptors (Lipinski definition) is 4. The molecule has 1 aromatic carbocycles. The van der Waals surface area contributed by atoms with Crippen LogP contribution < -0.4 is 10.5 Å². The van der Waals surface area contributed by atoms with Crippen molar-refractivity contribution >= 4 is 0 Å². The van der Waals surface area contributed by atoms with E-state index in [1.54, 1.807) is 24.3 Å². The molecule has 2 rings (SSSR count). The lowest BCUT2D eigenvalue weighted by atomic mass is 10.2. The maximum atomic E-state index is 12.3. The number of hydrogen-bond donors (Lipinski definition) is 2. The average molecular weight is 330 g/mol. The summed E-state index contributed by atoms with van der Waals surface area (Å²) in [6.45, 7) is 0.0685. The van der Waals surface area contributed by atoms with Gasteiger partial charge >= 0.3 is 6.18 Å². The molecule has 0 unspecified atom stereocenters. The van der Waals surface area contributed by atoms with Gasteiger partial charge in [0.2, 0.25) is 0 Å². The highest BCUT2D eigenvalue weighted by molar-refractivity contribution is 5.55. The summed E-state index contributed by atoms with van der Waals surface area (Å²) in [6, 6.07) is 6.39. The number of halogens is 4. The maximum absolute atomic E-state index is 12.3. The Morgan fingerprint density at radius 2 is 1.96 bits per heavy atom. The number of rotatable bonds is 6. The van der Waals surface area contributed by atoms with E-state index in [1.165, 1.54) is 0 Å². The molecule has 1 heterocycles. The molecule has 0 aliphatic rings. The van der Waals surface area contributed by atoms with Crippen molar-refractivity contribution < 1.29 is 22.3 Å². The van der Waals surface area contributed by atoms with Crippen molar-refractivity contribution in [2.45, 2.75) is 12.6 Å². The van der Waals surface area contributed by atoms with Crippen LogP contribution in [-0.4, -0.2) is 34.5 Å². The third kappa shape index (κ3) is 5.06. The van der Waals surface area contributed by atoms with Crippen LogP contribution >= 0.6 is 0 Å². The van der Waals surface area contributed by atoms with Crippen LogP contribution in [0.1, 0.15) is 5.82 Å². The van der Waals surface area contributed by atoms with Crippen LogP contribution in [0.3, 0.4) is 0 Å². The Balaban J connectivity index is 2.02. The molecule has 5 nitrogen and oxygen atoms in total. The van der Waals surface area contributed by atoms with E-state index in [-0.39, 0.29) is 24.8 Å². The topological polar surface area (TPSA) is 76.8 Å². The number of H-pyrrole nitrogens is 1. The van der Waals surface area contributed by atoms with E-state index in [0.717, 1.165) is 0 Å². The van der Waals surface area contributed by atoms with Crippen LogP contribution in [-0.2, 0) is 6.42 Å². The molecule has 0 saturated heterocycles. The number of ether oxygens (including phenoxy) is 1. The largest absolute Gasteiger partial charge is 0.489 e. The molecule has 23 heavy (non-hydrogen) atoms. The minimum Gasteiger partial charge on any atom is -0.489 e. The highest BCUT2D eigenvalue weighted by atomic mass is 19.4. The first-order chi connectivity index (χ1) is 10.9. The van der Waals surface area contributed by atoms with E-state index >= 15 is 0 Å². The minimum atomic E-state index is -4.36. The molecule has 0 aliphatic carbocycles. The first-order valence-electron chi connectivity index (χ1n) is 6.60. The molecule has 0 fully saturated rings. The zero-order chi connectivity index (χ0) is 16.9. The van der Waals surface area contributed by atoms with Gasteiger partial charge in [-0.1, -0.05) is 0 Å². The summed E-state index contributed by atoms with van der Waals surface area (Å²) in [7, 11) is 0. The number of aromatic amines is 1. The molecular formula is C14H14F4N4O. The molecule has 0 bridgehead atoms. The van der Waals surface area contributed by atoms with Crippen molar-refractivity contribution in [1.82, 2.24) is 15.2 Å². The van der Waals surface area contributed by atoms with E-state index < -0.39 is 12.6 Å². The van der Waals surface area contributed by atoms with E-state index in [4.69, 9.17) is 10.5 Å². The molecule has 0 amide bonds. The first-order valence-corrected chi connectivity index (χ1v) is 6.60. The molecule has 0 atom stereocenters. The molecular weight excluding hydrogens is 316 g/mol. The highest BCUT2D eigenvalue weighted by Crippen LogP contribution is 2.22. The van der Waals surface area contributed by atoms with E-state index in [9.17, 15) is 17.6 Å². The SMILES string of the molecule is NC/C(=C\F)COc1ccc(-c2nc(CC(F)(F)F)n[nH]2)cc1. The first kappa shape index (κ1) is 16.9. The van der Waals surface area contributed by atoms with Crippen molar-refractivity contribution in [3.8, 4) is 17.1 Å². The van der Waals surface area contributed by atoms with Gasteiger partial charge in [-0.25, -0.2) is 9.37 Å². The Hall–Kier alpha value is -2.42. The molecule has 3 N–H and O–H groups in total. The lowest BCUT2D eigenvalue weighted by molar-refractivity contribution is -0.128. The minimum absolute atomic E-state index is 0.0182. The lowest BCUT2D eigenvalue weighted by Gasteiger charge is -2.07. The molecule has 0 aliphatic heterocycles. The van der Waals surface area contributed by atoms with Gasteiger partial charge in [0.05, 0.1) is 6.33 Å². The second-order valence-corrected chi connectivity index (χ2v) is 4.68. The molecule has 0 radical (unpaired) electrons. The van der Waals surface area contributed by atoms with Crippen molar-refractivity contribution in [3.63, 3.8) is 0 Å². The molecule has 124 valence electrons. The smallest absolute Gasteiger partial charge is 0.396 e. The second-order valence-electron chi connectivity index (χ2n) is 4.68. The molecule has 9 heteroatoms. The standard InChI is InChI=1S/C14H14F4N4O/c15-6-9(7-19)8-23-11-3-1-10(2-4-11)13-20-12(21-22-13)5-14(16,17)18/h1-4,6H,5,7-8,19H2,(H,20,21,22)/b9-6+. The summed E-state index contributed by atoms with van der Waals surface area (Å²) in [6.07, 6.45) is -5.16. The zero-order valence-electron chi connectivity index (χ0n) is 11.9. The Bertz CT molecular complexity index is 664. The predicted octanol–water partition coefficient (Wildman–Crippen LogP) is 2.77. The van der Waals surface area contributed by atoms with Gasteiger partial charge in [0.15, 0.2) is 11.6 Å². The van der Waals surface area contributed by atoms with Crippen LogP contribution in [0.4, 0.5) is 17.6 Å². The summed E-state index contributed by atoms with van der Waals surface area (Å²) in [5.74, 6) is 0.368. The fourth-order valence-electron chi connectivity index (χ4n) is 1.70. The van der Waals surface area contributed by atoms with Gasteiger partial charge in [0, 0.05) is 17.7 Å². The van der Waals surface area contributed by atoms with Gasteiger partial charge in [-0.05, 0) is 24.3 Å². The Morgan fingerprint density at radius 3 is 2.52 bits per heavy atom. The van der Waals surface area contributed by atoms with Gasteiger partial charge in [-0.3, -0.25) is 5.10 Å². The van der Waals surface area contributed by atoms with Gasteiger partial charge in [0.25, 0.3) is 0 Å². The average Bonchev–Trinajstić information content (AvgIpc) is 2.95. The van der Waals surface area contributed by atoms with Gasteiger partial charge in [-0.15, -0.1) is 0 Å². The predicted molar refractivity (Wildman–Crippen MR) is 75.3 cm³/mol. The zero-order valence-corrected chi connectivity index (χ0v) is 11.9. The van der Waals surface area contributed by atoms with Gasteiger partial charge < -0.3 is 10.5 Å². The van der Waals surface area contributed by atoms with Crippen molar-refractivity contribution in [2.24, 2.45) is 5.73 Å². The maximum Gasteiger partial charge on any atom is 0.396 e. The fourth-order valence-corrected chi connectivity index (χ4v) is 1.70. The van der Waals surface area contributed by atoms with Gasteiger partial charge in [-0.2, -0.15) is 18.3 Å². The van der Waals surface area contributed by atoms with Crippen LogP contribution in [0.2, 0.25) is 0 Å². The summed E-state index contributed by atoms with van der Waals surface area (Å²) in [5, 5.41) is 5.99. The van der Waals surface area contributed by atoms with Gasteiger partial charge in [0.1, 0.15) is 18.8 Å². The molecule has 2 aromatic rings. The summed E-state index contributed by atoms with van der Waals surface area (Å²) in [5.41, 5.74) is 6.17. The van der Waals surface area contributed by atoms with E-state index in [1.807, 2.05) is 0 Å². The summed E-state index contributed by atoms with van der Waals surface area (Å²) >= 11 is 0. The van der Waals surface area contributed by atoms with Crippen molar-refractivity contribution in [3.05, 3.63) is 42.0 Å². The second kappa shape index (κ2) is 7.23. The lowest BCUT2D eigenvalue weighted by Crippen LogP contribution is -2.12. The van der Waals surface area contributed by atoms with Crippen LogP contribution in [0.15, 0.2) is 36.2 Å². The van der Waals surface area contributed by atoms with Crippen LogP contribution in [0.25, 0.3) is 11.4 Å². The van der Waals surface area contributed by atoms with Crippen molar-refractivity contribution in [1.29, 1.82) is 0 Å². The molecule has 1 aromatic heterocycles. The van der Waals surface area contributed by atoms with Crippen molar-refractivity contribution in [2.75, 3.05) is 13.2 Å². The van der Waals surface area contributed by atoms with E-state index in [2.05, 4.69) is 15.2 Å². The normalized spacial score (nSPS) is 12.5. The Kier molecular flexibility index (Phi) is 5.32. The third-order valence-electron chi connectivity index (χ3n) is 2.86. The number of nitrogens with zero attached hydrogens (tertiary/aromatic N) is 2. The molecule has 0 saturated carbocycles.